The Hall–Kier alpha value is -5.79. The predicted molar refractivity (Wildman–Crippen MR) is 185 cm³/mol. The van der Waals surface area contributed by atoms with Gasteiger partial charge in [-0.2, -0.15) is 17.9 Å². The molecule has 2 amide bonds. The van der Waals surface area contributed by atoms with Gasteiger partial charge in [0.25, 0.3) is 5.56 Å². The van der Waals surface area contributed by atoms with Crippen molar-refractivity contribution in [2.45, 2.75) is 18.6 Å². The van der Waals surface area contributed by atoms with Gasteiger partial charge in [-0.05, 0) is 53.9 Å². The molecule has 6 rings (SSSR count). The molecule has 1 saturated heterocycles. The molecule has 1 aliphatic rings. The first kappa shape index (κ1) is 38.4. The first-order valence-electron chi connectivity index (χ1n) is 15.5. The van der Waals surface area contributed by atoms with E-state index in [4.69, 9.17) is 33.1 Å². The van der Waals surface area contributed by atoms with Crippen molar-refractivity contribution in [1.82, 2.24) is 50.3 Å². The van der Waals surface area contributed by atoms with Gasteiger partial charge in [0.05, 0.1) is 23.7 Å². The number of rotatable bonds is 8. The number of likely N-dealkylation sites (N-methyl/N-ethyl adjacent to an activating group) is 1. The molecule has 0 aliphatic carbocycles. The number of benzene rings is 2. The van der Waals surface area contributed by atoms with Gasteiger partial charge in [0.1, 0.15) is 28.7 Å². The first-order chi connectivity index (χ1) is 25.1. The van der Waals surface area contributed by atoms with Crippen LogP contribution < -0.4 is 10.9 Å². The topological polar surface area (TPSA) is 215 Å². The van der Waals surface area contributed by atoms with Gasteiger partial charge in [0, 0.05) is 59.9 Å². The Balaban J connectivity index is 0.000000705. The number of carboxylic acids is 1. The summed E-state index contributed by atoms with van der Waals surface area (Å²) in [6, 6.07) is 10.3. The lowest BCUT2D eigenvalue weighted by atomic mass is 10.1. The number of fused-ring (bicyclic) bond motifs is 1. The molecule has 3 aromatic heterocycles. The van der Waals surface area contributed by atoms with Crippen LogP contribution in [0, 0.1) is 0 Å². The Bertz CT molecular complexity index is 2220. The lowest BCUT2D eigenvalue weighted by Gasteiger charge is -2.33. The number of hydrogen-bond acceptors (Lipinski definition) is 10. The van der Waals surface area contributed by atoms with Gasteiger partial charge in [-0.25, -0.2) is 9.78 Å². The monoisotopic (exact) mass is 776 g/mol. The highest BCUT2D eigenvalue weighted by molar-refractivity contribution is 6.32. The number of amides is 2. The fraction of sp³-hybridized carbons (Fsp3) is 0.250. The van der Waals surface area contributed by atoms with E-state index >= 15 is 0 Å². The van der Waals surface area contributed by atoms with Crippen LogP contribution in [0.15, 0.2) is 59.7 Å². The molecule has 2 aromatic carbocycles. The van der Waals surface area contributed by atoms with Crippen molar-refractivity contribution < 1.29 is 37.8 Å². The number of aromatic hydroxyl groups is 1. The Morgan fingerprint density at radius 1 is 1.06 bits per heavy atom. The standard InChI is InChI=1S/C30H28Cl2N10O4.C2HF3O2/c1-40-8-10-41(11-9-40)27(46)14-22(35-25(44)7-3-17-12-19(31)4-6-23(17)42-16-33-38-39-42)30-36-28(29(32)37-30)18-2-5-21-20(13-18)24(43)15-26(45)34-21;3-2(4,5)1(6)7/h2-7,12-13,15-16,22H,8-11,14H2,1H3,(H,35,44)(H,36,37)(H2,34,43,45);(H,6,7)/b7-3+;/t22-;/m0./s1. The number of halogens is 5. The van der Waals surface area contributed by atoms with Gasteiger partial charge in [0.2, 0.25) is 11.8 Å². The van der Waals surface area contributed by atoms with E-state index in [1.165, 1.54) is 17.1 Å². The predicted octanol–water partition coefficient (Wildman–Crippen LogP) is 3.57. The zero-order valence-electron chi connectivity index (χ0n) is 27.4. The molecule has 0 saturated carbocycles. The second-order valence-electron chi connectivity index (χ2n) is 11.6. The average molecular weight is 778 g/mol. The van der Waals surface area contributed by atoms with Gasteiger partial charge in [-0.3, -0.25) is 14.4 Å². The lowest BCUT2D eigenvalue weighted by Crippen LogP contribution is -2.48. The molecular formula is C32H29Cl2F3N10O6. The molecule has 0 spiro atoms. The van der Waals surface area contributed by atoms with Crippen LogP contribution >= 0.6 is 23.2 Å². The van der Waals surface area contributed by atoms with E-state index < -0.39 is 29.7 Å². The first-order valence-corrected chi connectivity index (χ1v) is 16.2. The Morgan fingerprint density at radius 2 is 1.77 bits per heavy atom. The maximum Gasteiger partial charge on any atom is 0.490 e. The molecule has 1 aliphatic heterocycles. The molecule has 16 nitrogen and oxygen atoms in total. The Kier molecular flexibility index (Phi) is 11.8. The zero-order valence-corrected chi connectivity index (χ0v) is 28.9. The third-order valence-corrected chi connectivity index (χ3v) is 8.40. The number of carbonyl (C=O) groups excluding carboxylic acids is 2. The van der Waals surface area contributed by atoms with Crippen LogP contribution in [-0.2, 0) is 14.4 Å². The molecule has 278 valence electrons. The fourth-order valence-corrected chi connectivity index (χ4v) is 5.64. The highest BCUT2D eigenvalue weighted by Crippen LogP contribution is 2.32. The van der Waals surface area contributed by atoms with Crippen molar-refractivity contribution in [3.63, 3.8) is 0 Å². The van der Waals surface area contributed by atoms with Gasteiger partial charge in [0.15, 0.2) is 0 Å². The minimum atomic E-state index is -5.08. The van der Waals surface area contributed by atoms with E-state index in [0.29, 0.717) is 51.5 Å². The molecule has 0 unspecified atom stereocenters. The SMILES string of the molecule is CN1CCN(C(=O)C[C@H](NC(=O)/C=C/c2cc(Cl)ccc2-n2cnnn2)c2nc(-c3ccc4[nH]c(=O)cc(O)c4c3)c(Cl)[nH]2)CC1.O=C(O)C(F)(F)F. The van der Waals surface area contributed by atoms with E-state index in [-0.39, 0.29) is 29.1 Å². The van der Waals surface area contributed by atoms with Crippen LogP contribution in [0.1, 0.15) is 23.9 Å². The zero-order chi connectivity index (χ0) is 38.4. The quantitative estimate of drug-likeness (QED) is 0.144. The number of imidazole rings is 1. The molecular weight excluding hydrogens is 748 g/mol. The van der Waals surface area contributed by atoms with E-state index in [2.05, 4.69) is 40.7 Å². The molecule has 5 N–H and O–H groups in total. The summed E-state index contributed by atoms with van der Waals surface area (Å²) in [6.07, 6.45) is -0.830. The number of aromatic nitrogens is 7. The second kappa shape index (κ2) is 16.3. The summed E-state index contributed by atoms with van der Waals surface area (Å²) in [5, 5.41) is 32.6. The lowest BCUT2D eigenvalue weighted by molar-refractivity contribution is -0.192. The number of pyridine rings is 1. The fourth-order valence-electron chi connectivity index (χ4n) is 5.21. The number of nitrogens with zero attached hydrogens (tertiary/aromatic N) is 7. The number of alkyl halides is 3. The number of nitrogens with one attached hydrogen (secondary N) is 3. The summed E-state index contributed by atoms with van der Waals surface area (Å²) in [6.45, 7) is 2.62. The number of carboxylic acid groups (broad SMARTS) is 1. The number of aromatic amines is 2. The number of tetrazole rings is 1. The van der Waals surface area contributed by atoms with Crippen LogP contribution in [0.4, 0.5) is 13.2 Å². The van der Waals surface area contributed by atoms with E-state index in [1.807, 2.05) is 7.05 Å². The number of aliphatic carboxylic acids is 1. The molecule has 1 atom stereocenters. The normalized spacial score (nSPS) is 14.2. The van der Waals surface area contributed by atoms with Crippen molar-refractivity contribution in [1.29, 1.82) is 0 Å². The highest BCUT2D eigenvalue weighted by Gasteiger charge is 2.38. The van der Waals surface area contributed by atoms with Crippen molar-refractivity contribution in [2.24, 2.45) is 0 Å². The van der Waals surface area contributed by atoms with E-state index in [0.717, 1.165) is 19.2 Å². The Morgan fingerprint density at radius 3 is 2.43 bits per heavy atom. The van der Waals surface area contributed by atoms with Crippen LogP contribution in [0.5, 0.6) is 5.75 Å². The van der Waals surface area contributed by atoms with E-state index in [9.17, 15) is 32.7 Å². The maximum absolute atomic E-state index is 13.4. The summed E-state index contributed by atoms with van der Waals surface area (Å²) in [7, 11) is 2.00. The van der Waals surface area contributed by atoms with Gasteiger partial charge < -0.3 is 35.3 Å². The van der Waals surface area contributed by atoms with Crippen LogP contribution in [0.2, 0.25) is 10.2 Å². The van der Waals surface area contributed by atoms with E-state index in [1.54, 1.807) is 47.4 Å². The average Bonchev–Trinajstić information content (AvgIpc) is 3.77. The van der Waals surface area contributed by atoms with Crippen molar-refractivity contribution in [3.8, 4) is 22.7 Å². The van der Waals surface area contributed by atoms with Crippen LogP contribution in [0.3, 0.4) is 0 Å². The smallest absolute Gasteiger partial charge is 0.490 e. The molecule has 0 radical (unpaired) electrons. The van der Waals surface area contributed by atoms with Crippen LogP contribution in [-0.4, -0.2) is 112 Å². The number of H-pyrrole nitrogens is 2. The summed E-state index contributed by atoms with van der Waals surface area (Å²) in [5.41, 5.74) is 2.10. The maximum atomic E-state index is 13.4. The molecule has 1 fully saturated rings. The Labute approximate surface area is 306 Å². The summed E-state index contributed by atoms with van der Waals surface area (Å²) < 4.78 is 33.2. The molecule has 0 bridgehead atoms. The third-order valence-electron chi connectivity index (χ3n) is 7.90. The summed E-state index contributed by atoms with van der Waals surface area (Å²) in [4.78, 5) is 61.7. The molecule has 5 aromatic rings. The minimum absolute atomic E-state index is 0.0701. The second-order valence-corrected chi connectivity index (χ2v) is 12.4. The molecule has 21 heteroatoms. The summed E-state index contributed by atoms with van der Waals surface area (Å²) >= 11 is 12.8. The van der Waals surface area contributed by atoms with Crippen molar-refractivity contribution in [2.75, 3.05) is 33.2 Å². The van der Waals surface area contributed by atoms with Crippen molar-refractivity contribution in [3.05, 3.63) is 86.8 Å². The van der Waals surface area contributed by atoms with Gasteiger partial charge in [-0.1, -0.05) is 29.3 Å². The van der Waals surface area contributed by atoms with Crippen molar-refractivity contribution >= 4 is 58.0 Å². The molecule has 53 heavy (non-hydrogen) atoms. The molecule has 4 heterocycles. The van der Waals surface area contributed by atoms with Crippen LogP contribution in [0.25, 0.3) is 33.9 Å². The number of hydrogen-bond donors (Lipinski definition) is 5. The number of carbonyl (C=O) groups is 3. The third kappa shape index (κ3) is 9.76. The minimum Gasteiger partial charge on any atom is -0.507 e. The summed E-state index contributed by atoms with van der Waals surface area (Å²) in [5.74, 6) is -3.32. The number of piperazine rings is 1. The highest BCUT2D eigenvalue weighted by atomic mass is 35.5. The van der Waals surface area contributed by atoms with Gasteiger partial charge in [-0.15, -0.1) is 5.10 Å². The largest absolute Gasteiger partial charge is 0.507 e. The van der Waals surface area contributed by atoms with Gasteiger partial charge >= 0.3 is 12.1 Å².